The minimum atomic E-state index is -1.64. The van der Waals surface area contributed by atoms with Gasteiger partial charge in [-0.3, -0.25) is 0 Å². The zero-order valence-corrected chi connectivity index (χ0v) is 12.1. The second kappa shape index (κ2) is 5.27. The average molecular weight is 257 g/mol. The first-order valence-corrected chi connectivity index (χ1v) is 9.09. The smallest absolute Gasteiger partial charge is 0.179 e. The summed E-state index contributed by atoms with van der Waals surface area (Å²) in [5.41, 5.74) is 1.15. The fourth-order valence-electron chi connectivity index (χ4n) is 1.96. The van der Waals surface area contributed by atoms with Crippen molar-refractivity contribution < 1.29 is 4.74 Å². The molecule has 0 aliphatic heterocycles. The Hall–Kier alpha value is -1.74. The number of benzene rings is 2. The van der Waals surface area contributed by atoms with Crippen LogP contribution in [0.4, 0.5) is 5.69 Å². The molecule has 94 valence electrons. The van der Waals surface area contributed by atoms with Crippen molar-refractivity contribution in [1.82, 2.24) is 0 Å². The van der Waals surface area contributed by atoms with E-state index in [4.69, 9.17) is 4.74 Å². The molecule has 0 unspecified atom stereocenters. The molecule has 0 aromatic heterocycles. The molecule has 0 atom stereocenters. The van der Waals surface area contributed by atoms with Crippen LogP contribution in [0.3, 0.4) is 0 Å². The quantitative estimate of drug-likeness (QED) is 0.849. The van der Waals surface area contributed by atoms with Crippen molar-refractivity contribution in [2.24, 2.45) is 0 Å². The van der Waals surface area contributed by atoms with Gasteiger partial charge in [0.15, 0.2) is 8.24 Å². The fourth-order valence-corrected chi connectivity index (χ4v) is 4.02. The molecule has 0 fully saturated rings. The second-order valence-corrected chi connectivity index (χ2v) is 8.92. The van der Waals surface area contributed by atoms with Crippen molar-refractivity contribution >= 4 is 19.1 Å². The van der Waals surface area contributed by atoms with Crippen LogP contribution in [0.15, 0.2) is 54.6 Å². The van der Waals surface area contributed by atoms with E-state index < -0.39 is 8.24 Å². The van der Waals surface area contributed by atoms with Gasteiger partial charge in [0.05, 0.1) is 7.11 Å². The maximum absolute atomic E-state index is 5.17. The minimum absolute atomic E-state index is 0.889. The second-order valence-electron chi connectivity index (χ2n) is 4.84. The standard InChI is InChI=1S/C15H19NOSi/c1-17-14-11-9-13(10-12-14)16-18(2,3)15-7-5-4-6-8-15/h4-12,16H,1-3H3. The van der Waals surface area contributed by atoms with Gasteiger partial charge in [-0.2, -0.15) is 0 Å². The largest absolute Gasteiger partial charge is 0.497 e. The van der Waals surface area contributed by atoms with Crippen LogP contribution in [-0.2, 0) is 0 Å². The number of anilines is 1. The van der Waals surface area contributed by atoms with E-state index in [0.29, 0.717) is 0 Å². The average Bonchev–Trinajstić information content (AvgIpc) is 2.40. The molecule has 1 N–H and O–H groups in total. The number of nitrogens with one attached hydrogen (secondary N) is 1. The highest BCUT2D eigenvalue weighted by Crippen LogP contribution is 2.17. The van der Waals surface area contributed by atoms with E-state index in [1.54, 1.807) is 7.11 Å². The van der Waals surface area contributed by atoms with Crippen LogP contribution in [0.2, 0.25) is 13.1 Å². The van der Waals surface area contributed by atoms with Crippen molar-refractivity contribution in [2.45, 2.75) is 13.1 Å². The zero-order valence-electron chi connectivity index (χ0n) is 11.1. The fraction of sp³-hybridized carbons (Fsp3) is 0.200. The topological polar surface area (TPSA) is 21.3 Å². The van der Waals surface area contributed by atoms with E-state index in [-0.39, 0.29) is 0 Å². The van der Waals surface area contributed by atoms with Crippen molar-refractivity contribution in [3.63, 3.8) is 0 Å². The van der Waals surface area contributed by atoms with E-state index in [9.17, 15) is 0 Å². The summed E-state index contributed by atoms with van der Waals surface area (Å²) in [7, 11) is 0.0470. The first-order chi connectivity index (χ1) is 8.62. The van der Waals surface area contributed by atoms with Gasteiger partial charge in [-0.25, -0.2) is 0 Å². The van der Waals surface area contributed by atoms with Gasteiger partial charge in [-0.05, 0) is 42.5 Å². The minimum Gasteiger partial charge on any atom is -0.497 e. The predicted molar refractivity (Wildman–Crippen MR) is 80.2 cm³/mol. The number of methoxy groups -OCH3 is 1. The van der Waals surface area contributed by atoms with Crippen LogP contribution in [0.1, 0.15) is 0 Å². The summed E-state index contributed by atoms with van der Waals surface area (Å²) in [6.07, 6.45) is 0. The number of ether oxygens (including phenoxy) is 1. The lowest BCUT2D eigenvalue weighted by Gasteiger charge is -2.25. The highest BCUT2D eigenvalue weighted by molar-refractivity contribution is 6.92. The van der Waals surface area contributed by atoms with Gasteiger partial charge in [0.1, 0.15) is 5.75 Å². The Morgan fingerprint density at radius 3 is 2.06 bits per heavy atom. The van der Waals surface area contributed by atoms with Gasteiger partial charge >= 0.3 is 0 Å². The molecular weight excluding hydrogens is 238 g/mol. The Bertz CT molecular complexity index is 494. The van der Waals surface area contributed by atoms with Crippen LogP contribution in [0.5, 0.6) is 5.75 Å². The first kappa shape index (κ1) is 12.7. The van der Waals surface area contributed by atoms with Crippen LogP contribution in [-0.4, -0.2) is 15.3 Å². The highest BCUT2D eigenvalue weighted by Gasteiger charge is 2.23. The van der Waals surface area contributed by atoms with Gasteiger partial charge in [0, 0.05) is 5.69 Å². The van der Waals surface area contributed by atoms with Crippen molar-refractivity contribution in [2.75, 3.05) is 12.1 Å². The third kappa shape index (κ3) is 2.93. The monoisotopic (exact) mass is 257 g/mol. The molecule has 18 heavy (non-hydrogen) atoms. The van der Waals surface area contributed by atoms with Gasteiger partial charge in [0.2, 0.25) is 0 Å². The summed E-state index contributed by atoms with van der Waals surface area (Å²) in [6, 6.07) is 18.7. The molecule has 0 spiro atoms. The maximum Gasteiger partial charge on any atom is 0.179 e. The number of hydrogen-bond acceptors (Lipinski definition) is 2. The van der Waals surface area contributed by atoms with E-state index in [0.717, 1.165) is 11.4 Å². The van der Waals surface area contributed by atoms with Crippen molar-refractivity contribution in [3.8, 4) is 5.75 Å². The summed E-state index contributed by atoms with van der Waals surface area (Å²) in [5.74, 6) is 0.889. The van der Waals surface area contributed by atoms with Crippen molar-refractivity contribution in [3.05, 3.63) is 54.6 Å². The Balaban J connectivity index is 2.16. The molecule has 0 bridgehead atoms. The number of hydrogen-bond donors (Lipinski definition) is 1. The summed E-state index contributed by atoms with van der Waals surface area (Å²) < 4.78 is 5.17. The lowest BCUT2D eigenvalue weighted by molar-refractivity contribution is 0.415. The number of rotatable bonds is 4. The van der Waals surface area contributed by atoms with Gasteiger partial charge in [-0.1, -0.05) is 30.3 Å². The molecule has 0 radical (unpaired) electrons. The molecule has 2 aromatic rings. The molecule has 2 rings (SSSR count). The molecule has 0 heterocycles. The molecular formula is C15H19NOSi. The maximum atomic E-state index is 5.17. The Labute approximate surface area is 110 Å². The highest BCUT2D eigenvalue weighted by atomic mass is 28.3. The normalized spacial score (nSPS) is 11.1. The lowest BCUT2D eigenvalue weighted by Crippen LogP contribution is -2.49. The van der Waals surface area contributed by atoms with E-state index in [1.165, 1.54) is 5.19 Å². The third-order valence-electron chi connectivity index (χ3n) is 3.04. The molecule has 0 saturated carbocycles. The first-order valence-electron chi connectivity index (χ1n) is 6.09. The van der Waals surface area contributed by atoms with Crippen LogP contribution in [0.25, 0.3) is 0 Å². The summed E-state index contributed by atoms with van der Waals surface area (Å²) in [5, 5.41) is 1.40. The SMILES string of the molecule is COc1ccc(N[Si](C)(C)c2ccccc2)cc1. The van der Waals surface area contributed by atoms with Gasteiger partial charge in [-0.15, -0.1) is 0 Å². The molecule has 0 saturated heterocycles. The van der Waals surface area contributed by atoms with Crippen LogP contribution < -0.4 is 14.9 Å². The Morgan fingerprint density at radius 1 is 0.889 bits per heavy atom. The van der Waals surface area contributed by atoms with Crippen molar-refractivity contribution in [1.29, 1.82) is 0 Å². The molecule has 0 aliphatic rings. The molecule has 3 heteroatoms. The summed E-state index contributed by atoms with van der Waals surface area (Å²) in [4.78, 5) is 3.67. The summed E-state index contributed by atoms with van der Waals surface area (Å²) in [6.45, 7) is 4.62. The van der Waals surface area contributed by atoms with E-state index in [2.05, 4.69) is 60.5 Å². The van der Waals surface area contributed by atoms with Gasteiger partial charge in [0.25, 0.3) is 0 Å². The van der Waals surface area contributed by atoms with Crippen LogP contribution >= 0.6 is 0 Å². The Kier molecular flexibility index (Phi) is 3.72. The van der Waals surface area contributed by atoms with Crippen LogP contribution in [0, 0.1) is 0 Å². The lowest BCUT2D eigenvalue weighted by atomic mass is 10.3. The van der Waals surface area contributed by atoms with Gasteiger partial charge < -0.3 is 9.72 Å². The molecule has 2 aromatic carbocycles. The van der Waals surface area contributed by atoms with E-state index >= 15 is 0 Å². The third-order valence-corrected chi connectivity index (χ3v) is 5.73. The molecule has 2 nitrogen and oxygen atoms in total. The Morgan fingerprint density at radius 2 is 1.50 bits per heavy atom. The predicted octanol–water partition coefficient (Wildman–Crippen LogP) is 3.22. The zero-order chi connectivity index (χ0) is 13.0. The molecule has 0 amide bonds. The van der Waals surface area contributed by atoms with E-state index in [1.807, 2.05) is 12.1 Å². The molecule has 0 aliphatic carbocycles. The summed E-state index contributed by atoms with van der Waals surface area (Å²) >= 11 is 0.